The summed E-state index contributed by atoms with van der Waals surface area (Å²) in [4.78, 5) is 63.8. The number of hydrogen-bond donors (Lipinski definition) is 2. The van der Waals surface area contributed by atoms with Gasteiger partial charge in [0.1, 0.15) is 24.4 Å². The van der Waals surface area contributed by atoms with Gasteiger partial charge in [-0.3, -0.25) is 14.4 Å². The fraction of sp³-hybridized carbons (Fsp3) is 0.406. The van der Waals surface area contributed by atoms with Crippen LogP contribution in [0.25, 0.3) is 11.2 Å². The van der Waals surface area contributed by atoms with Crippen LogP contribution in [-0.4, -0.2) is 85.6 Å². The second-order valence-electron chi connectivity index (χ2n) is 12.2. The number of nitrogens with one attached hydrogen (secondary N) is 1. The molecule has 13 nitrogen and oxygen atoms in total. The van der Waals surface area contributed by atoms with E-state index in [1.807, 2.05) is 11.8 Å². The van der Waals surface area contributed by atoms with Gasteiger partial charge in [-0.15, -0.1) is 0 Å². The number of pyridine rings is 1. The van der Waals surface area contributed by atoms with E-state index in [9.17, 15) is 32.7 Å². The Morgan fingerprint density at radius 3 is 2.49 bits per heavy atom. The summed E-state index contributed by atoms with van der Waals surface area (Å²) < 4.78 is 41.1. The zero-order valence-electron chi connectivity index (χ0n) is 27.0. The Kier molecular flexibility index (Phi) is 8.85. The number of nitrogens with zero attached hydrogens (tertiary/aromatic N) is 8. The fourth-order valence-electron chi connectivity index (χ4n) is 6.42. The molecule has 2 amide bonds. The second-order valence-corrected chi connectivity index (χ2v) is 12.6. The van der Waals surface area contributed by atoms with Crippen LogP contribution < -0.4 is 20.5 Å². The van der Waals surface area contributed by atoms with Crippen molar-refractivity contribution in [3.8, 4) is 5.75 Å². The summed E-state index contributed by atoms with van der Waals surface area (Å²) in [5, 5.41) is 12.8. The van der Waals surface area contributed by atoms with E-state index in [1.54, 1.807) is 35.4 Å². The highest BCUT2D eigenvalue weighted by atomic mass is 35.5. The average Bonchev–Trinajstić information content (AvgIpc) is 3.03. The third-order valence-corrected chi connectivity index (χ3v) is 9.34. The van der Waals surface area contributed by atoms with Gasteiger partial charge >= 0.3 is 6.18 Å². The molecule has 4 aromatic rings. The van der Waals surface area contributed by atoms with Crippen molar-refractivity contribution in [2.75, 3.05) is 42.3 Å². The van der Waals surface area contributed by atoms with Gasteiger partial charge in [-0.2, -0.15) is 13.2 Å². The van der Waals surface area contributed by atoms with E-state index < -0.39 is 23.6 Å². The Morgan fingerprint density at radius 2 is 1.86 bits per heavy atom. The first-order chi connectivity index (χ1) is 23.2. The van der Waals surface area contributed by atoms with Gasteiger partial charge in [0.2, 0.25) is 11.3 Å². The minimum absolute atomic E-state index is 0.00714. The minimum atomic E-state index is -4.60. The molecule has 2 fully saturated rings. The van der Waals surface area contributed by atoms with Crippen LogP contribution in [0.2, 0.25) is 5.02 Å². The van der Waals surface area contributed by atoms with Gasteiger partial charge in [0.15, 0.2) is 22.6 Å². The van der Waals surface area contributed by atoms with Crippen molar-refractivity contribution in [3.05, 3.63) is 68.6 Å². The highest BCUT2D eigenvalue weighted by molar-refractivity contribution is 6.33. The summed E-state index contributed by atoms with van der Waals surface area (Å²) in [5.74, 6) is -0.890. The molecular weight excluding hydrogens is 667 g/mol. The number of anilines is 3. The van der Waals surface area contributed by atoms with Crippen molar-refractivity contribution >= 4 is 51.8 Å². The summed E-state index contributed by atoms with van der Waals surface area (Å²) in [5.41, 5.74) is -0.0865. The number of fused-ring (bicyclic) bond motifs is 2. The maximum absolute atomic E-state index is 14.3. The van der Waals surface area contributed by atoms with Crippen LogP contribution in [0.4, 0.5) is 30.4 Å². The number of piperazine rings is 1. The lowest BCUT2D eigenvalue weighted by molar-refractivity contribution is -0.137. The van der Waals surface area contributed by atoms with E-state index in [4.69, 9.17) is 11.6 Å². The van der Waals surface area contributed by atoms with Crippen molar-refractivity contribution in [3.63, 3.8) is 0 Å². The molecule has 2 aliphatic rings. The Balaban J connectivity index is 1.38. The zero-order chi connectivity index (χ0) is 35.4. The molecule has 1 aliphatic heterocycles. The summed E-state index contributed by atoms with van der Waals surface area (Å²) in [6.45, 7) is 3.58. The quantitative estimate of drug-likeness (QED) is 0.290. The van der Waals surface area contributed by atoms with Crippen molar-refractivity contribution in [2.24, 2.45) is 0 Å². The number of amides is 2. The van der Waals surface area contributed by atoms with Gasteiger partial charge < -0.3 is 29.7 Å². The topological polar surface area (TPSA) is 150 Å². The van der Waals surface area contributed by atoms with Gasteiger partial charge in [-0.1, -0.05) is 18.5 Å². The van der Waals surface area contributed by atoms with Crippen LogP contribution in [0.1, 0.15) is 47.2 Å². The van der Waals surface area contributed by atoms with E-state index in [1.165, 1.54) is 12.5 Å². The molecule has 1 aromatic carbocycles. The number of rotatable bonds is 7. The van der Waals surface area contributed by atoms with E-state index >= 15 is 0 Å². The highest BCUT2D eigenvalue weighted by Gasteiger charge is 2.47. The van der Waals surface area contributed by atoms with Gasteiger partial charge in [-0.25, -0.2) is 19.9 Å². The number of benzene rings is 1. The Bertz CT molecular complexity index is 2040. The van der Waals surface area contributed by atoms with E-state index in [2.05, 4.69) is 25.3 Å². The number of carbonyl (C=O) groups excluding carboxylic acids is 2. The molecule has 2 atom stereocenters. The Morgan fingerprint density at radius 1 is 1.12 bits per heavy atom. The van der Waals surface area contributed by atoms with E-state index in [-0.39, 0.29) is 76.2 Å². The SMILES string of the molecule is CCc1c(N2CCN(C(=O)c3ncnc(C)c3O)C3CCC32)c(=O)c2nc(N(C)C)cnc2n1CC(=O)Nc1ccc(C(F)(F)F)cc1Cl. The van der Waals surface area contributed by atoms with E-state index in [0.717, 1.165) is 18.2 Å². The van der Waals surface area contributed by atoms with Crippen molar-refractivity contribution in [2.45, 2.75) is 57.9 Å². The number of aryl methyl sites for hydroxylation is 1. The monoisotopic (exact) mass is 699 g/mol. The number of carbonyl (C=O) groups is 2. The molecule has 49 heavy (non-hydrogen) atoms. The lowest BCUT2D eigenvalue weighted by Crippen LogP contribution is -2.67. The minimum Gasteiger partial charge on any atom is -0.504 e. The first-order valence-electron chi connectivity index (χ1n) is 15.6. The van der Waals surface area contributed by atoms with Crippen molar-refractivity contribution in [1.82, 2.24) is 29.4 Å². The van der Waals surface area contributed by atoms with Crippen LogP contribution in [0.5, 0.6) is 5.75 Å². The van der Waals surface area contributed by atoms with Crippen molar-refractivity contribution < 1.29 is 27.9 Å². The lowest BCUT2D eigenvalue weighted by Gasteiger charge is -2.54. The number of aromatic nitrogens is 5. The molecule has 2 N–H and O–H groups in total. The van der Waals surface area contributed by atoms with Crippen LogP contribution in [0.15, 0.2) is 35.5 Å². The van der Waals surface area contributed by atoms with Crippen LogP contribution in [0.3, 0.4) is 0 Å². The second kappa shape index (κ2) is 12.8. The average molecular weight is 700 g/mol. The summed E-state index contributed by atoms with van der Waals surface area (Å²) in [6, 6.07) is 2.14. The number of halogens is 4. The molecule has 17 heteroatoms. The summed E-state index contributed by atoms with van der Waals surface area (Å²) in [6.07, 6.45) is -0.226. The summed E-state index contributed by atoms with van der Waals surface area (Å²) >= 11 is 6.11. The molecule has 258 valence electrons. The zero-order valence-corrected chi connectivity index (χ0v) is 27.8. The Labute approximate surface area is 283 Å². The molecule has 0 bridgehead atoms. The largest absolute Gasteiger partial charge is 0.504 e. The molecule has 0 radical (unpaired) electrons. The molecule has 0 spiro atoms. The fourth-order valence-corrected chi connectivity index (χ4v) is 6.64. The molecule has 4 heterocycles. The maximum Gasteiger partial charge on any atom is 0.416 e. The molecule has 1 aliphatic carbocycles. The number of hydrogen-bond acceptors (Lipinski definition) is 10. The predicted octanol–water partition coefficient (Wildman–Crippen LogP) is 4.03. The standard InChI is InChI=1S/C32H33ClF3N9O4/c1-5-20-27(43-10-11-44(22-9-8-21(22)43)31(49)26-28(47)16(2)38-15-39-26)29(48)25-30(37-13-23(41-25)42(3)4)45(20)14-24(46)40-19-7-6-17(12-18(19)33)32(34,35)36/h6-7,12-13,15,21-22,47H,5,8-11,14H2,1-4H3,(H,40,46). The first kappa shape index (κ1) is 33.9. The number of aromatic hydroxyl groups is 1. The van der Waals surface area contributed by atoms with Gasteiger partial charge in [0.05, 0.1) is 34.2 Å². The lowest BCUT2D eigenvalue weighted by atomic mass is 9.81. The molecule has 1 saturated heterocycles. The smallest absolute Gasteiger partial charge is 0.416 e. The number of alkyl halides is 3. The third-order valence-electron chi connectivity index (χ3n) is 9.03. The van der Waals surface area contributed by atoms with Crippen LogP contribution in [-0.2, 0) is 23.9 Å². The molecule has 3 aromatic heterocycles. The molecule has 1 saturated carbocycles. The third kappa shape index (κ3) is 6.09. The van der Waals surface area contributed by atoms with Gasteiger partial charge in [-0.05, 0) is 44.4 Å². The molecule has 2 unspecified atom stereocenters. The predicted molar refractivity (Wildman–Crippen MR) is 176 cm³/mol. The van der Waals surface area contributed by atoms with Crippen LogP contribution >= 0.6 is 11.6 Å². The molecule has 6 rings (SSSR count). The van der Waals surface area contributed by atoms with E-state index in [0.29, 0.717) is 36.5 Å². The normalized spacial score (nSPS) is 17.5. The molecular formula is C32H33ClF3N9O4. The highest BCUT2D eigenvalue weighted by Crippen LogP contribution is 2.39. The van der Waals surface area contributed by atoms with Gasteiger partial charge in [0.25, 0.3) is 5.91 Å². The van der Waals surface area contributed by atoms with Gasteiger partial charge in [0, 0.05) is 38.9 Å². The van der Waals surface area contributed by atoms with Crippen molar-refractivity contribution in [1.29, 1.82) is 0 Å². The maximum atomic E-state index is 14.3. The first-order valence-corrected chi connectivity index (χ1v) is 15.9. The summed E-state index contributed by atoms with van der Waals surface area (Å²) in [7, 11) is 3.51. The van der Waals surface area contributed by atoms with Crippen LogP contribution in [0, 0.1) is 6.92 Å². The Hall–Kier alpha value is -4.99.